The zero-order valence-electron chi connectivity index (χ0n) is 16.8. The van der Waals surface area contributed by atoms with Crippen molar-refractivity contribution < 1.29 is 0 Å². The van der Waals surface area contributed by atoms with Crippen LogP contribution in [0.5, 0.6) is 0 Å². The first-order valence-corrected chi connectivity index (χ1v) is 10.4. The largest absolute Gasteiger partial charge is 0.357 e. The summed E-state index contributed by atoms with van der Waals surface area (Å²) in [6.07, 6.45) is 9.26. The van der Waals surface area contributed by atoms with E-state index in [1.807, 2.05) is 17.9 Å². The highest BCUT2D eigenvalue weighted by Crippen LogP contribution is 2.27. The van der Waals surface area contributed by atoms with Crippen molar-refractivity contribution in [2.45, 2.75) is 45.4 Å². The van der Waals surface area contributed by atoms with Crippen molar-refractivity contribution in [3.8, 4) is 0 Å². The van der Waals surface area contributed by atoms with Crippen LogP contribution in [0.3, 0.4) is 0 Å². The molecule has 1 unspecified atom stereocenters. The number of likely N-dealkylation sites (tertiary alicyclic amines) is 2. The quantitative estimate of drug-likeness (QED) is 0.625. The summed E-state index contributed by atoms with van der Waals surface area (Å²) in [5, 5.41) is 7.83. The molecule has 1 aromatic heterocycles. The van der Waals surface area contributed by atoms with Crippen molar-refractivity contribution in [1.82, 2.24) is 24.9 Å². The van der Waals surface area contributed by atoms with Gasteiger partial charge in [-0.3, -0.25) is 9.67 Å². The highest BCUT2D eigenvalue weighted by atomic mass is 15.3. The average Bonchev–Trinajstić information content (AvgIpc) is 3.30. The fourth-order valence-electron chi connectivity index (χ4n) is 4.25. The van der Waals surface area contributed by atoms with Crippen molar-refractivity contribution in [2.24, 2.45) is 18.0 Å². The highest BCUT2D eigenvalue weighted by molar-refractivity contribution is 5.80. The van der Waals surface area contributed by atoms with Crippen LogP contribution in [0.15, 0.2) is 17.4 Å². The van der Waals surface area contributed by atoms with E-state index in [1.54, 1.807) is 0 Å². The number of rotatable bonds is 6. The van der Waals surface area contributed by atoms with E-state index in [4.69, 9.17) is 4.99 Å². The van der Waals surface area contributed by atoms with Gasteiger partial charge in [-0.05, 0) is 63.7 Å². The molecule has 2 saturated heterocycles. The molecule has 3 rings (SSSR count). The number of hydrogen-bond acceptors (Lipinski definition) is 3. The van der Waals surface area contributed by atoms with E-state index in [-0.39, 0.29) is 0 Å². The molecule has 0 amide bonds. The summed E-state index contributed by atoms with van der Waals surface area (Å²) < 4.78 is 1.90. The third kappa shape index (κ3) is 5.00. The van der Waals surface area contributed by atoms with Gasteiger partial charge >= 0.3 is 0 Å². The number of piperidine rings is 1. The molecule has 0 aliphatic carbocycles. The first-order chi connectivity index (χ1) is 12.7. The molecule has 2 fully saturated rings. The molecular weight excluding hydrogens is 324 g/mol. The van der Waals surface area contributed by atoms with Gasteiger partial charge in [-0.25, -0.2) is 0 Å². The molecule has 1 N–H and O–H groups in total. The Kier molecular flexibility index (Phi) is 6.94. The maximum absolute atomic E-state index is 4.96. The number of aliphatic imine (C=N–C) groups is 1. The number of aromatic nitrogens is 2. The Labute approximate surface area is 158 Å². The second-order valence-electron chi connectivity index (χ2n) is 7.78. The van der Waals surface area contributed by atoms with E-state index in [9.17, 15) is 0 Å². The molecule has 0 radical (unpaired) electrons. The predicted molar refractivity (Wildman–Crippen MR) is 108 cm³/mol. The van der Waals surface area contributed by atoms with Crippen LogP contribution in [-0.4, -0.2) is 71.4 Å². The van der Waals surface area contributed by atoms with E-state index >= 15 is 0 Å². The molecule has 26 heavy (non-hydrogen) atoms. The lowest BCUT2D eigenvalue weighted by atomic mass is 9.94. The molecule has 2 aliphatic heterocycles. The molecule has 0 saturated carbocycles. The summed E-state index contributed by atoms with van der Waals surface area (Å²) in [4.78, 5) is 9.95. The maximum Gasteiger partial charge on any atom is 0.193 e. The second-order valence-corrected chi connectivity index (χ2v) is 7.78. The Balaban J connectivity index is 1.49. The van der Waals surface area contributed by atoms with Crippen LogP contribution in [0.25, 0.3) is 0 Å². The molecular formula is C20H36N6. The predicted octanol–water partition coefficient (Wildman–Crippen LogP) is 2.30. The summed E-state index contributed by atoms with van der Waals surface area (Å²) in [6.45, 7) is 12.2. The molecule has 0 spiro atoms. The van der Waals surface area contributed by atoms with Gasteiger partial charge in [0.25, 0.3) is 0 Å². The van der Waals surface area contributed by atoms with Crippen LogP contribution in [0, 0.1) is 5.92 Å². The van der Waals surface area contributed by atoms with Gasteiger partial charge in [-0.1, -0.05) is 6.92 Å². The van der Waals surface area contributed by atoms with E-state index in [0.29, 0.717) is 5.92 Å². The monoisotopic (exact) mass is 360 g/mol. The van der Waals surface area contributed by atoms with Gasteiger partial charge in [0.1, 0.15) is 0 Å². The Morgan fingerprint density at radius 1 is 1.23 bits per heavy atom. The van der Waals surface area contributed by atoms with Gasteiger partial charge in [0.05, 0.1) is 6.20 Å². The normalized spacial score (nSPS) is 23.0. The van der Waals surface area contributed by atoms with Crippen LogP contribution in [0.4, 0.5) is 0 Å². The molecule has 3 heterocycles. The number of hydrogen-bond donors (Lipinski definition) is 1. The fourth-order valence-corrected chi connectivity index (χ4v) is 4.25. The highest BCUT2D eigenvalue weighted by Gasteiger charge is 2.27. The Hall–Kier alpha value is -1.56. The first-order valence-electron chi connectivity index (χ1n) is 10.4. The minimum atomic E-state index is 0.575. The number of guanidine groups is 1. The average molecular weight is 361 g/mol. The summed E-state index contributed by atoms with van der Waals surface area (Å²) in [5.74, 6) is 2.53. The molecule has 0 aromatic carbocycles. The number of aryl methyl sites for hydroxylation is 1. The molecule has 146 valence electrons. The van der Waals surface area contributed by atoms with Gasteiger partial charge in [0.2, 0.25) is 0 Å². The van der Waals surface area contributed by atoms with E-state index < -0.39 is 0 Å². The standard InChI is InChI=1S/C20H36N6/c1-4-21-20(22-10-6-17-7-11-25(5-2)12-8-17)26-13-9-18(16-26)19-14-23-24(3)15-19/h14-15,17-18H,4-13,16H2,1-3H3,(H,21,22). The van der Waals surface area contributed by atoms with Crippen molar-refractivity contribution in [3.63, 3.8) is 0 Å². The summed E-state index contributed by atoms with van der Waals surface area (Å²) in [5.41, 5.74) is 1.36. The maximum atomic E-state index is 4.96. The lowest BCUT2D eigenvalue weighted by Crippen LogP contribution is -2.40. The summed E-state index contributed by atoms with van der Waals surface area (Å²) in [6, 6.07) is 0. The molecule has 6 heteroatoms. The fraction of sp³-hybridized carbons (Fsp3) is 0.800. The first kappa shape index (κ1) is 19.2. The number of nitrogens with one attached hydrogen (secondary N) is 1. The van der Waals surface area contributed by atoms with Crippen LogP contribution in [-0.2, 0) is 7.05 Å². The zero-order valence-corrected chi connectivity index (χ0v) is 16.8. The van der Waals surface area contributed by atoms with Gasteiger partial charge in [-0.2, -0.15) is 5.10 Å². The minimum absolute atomic E-state index is 0.575. The smallest absolute Gasteiger partial charge is 0.193 e. The van der Waals surface area contributed by atoms with E-state index in [2.05, 4.69) is 40.3 Å². The van der Waals surface area contributed by atoms with Crippen molar-refractivity contribution >= 4 is 5.96 Å². The van der Waals surface area contributed by atoms with Crippen LogP contribution in [0.2, 0.25) is 0 Å². The molecule has 1 aromatic rings. The second kappa shape index (κ2) is 9.40. The Morgan fingerprint density at radius 3 is 2.69 bits per heavy atom. The third-order valence-corrected chi connectivity index (χ3v) is 5.97. The Bertz CT molecular complexity index is 573. The van der Waals surface area contributed by atoms with Crippen LogP contribution in [0.1, 0.15) is 51.0 Å². The van der Waals surface area contributed by atoms with E-state index in [0.717, 1.165) is 38.1 Å². The van der Waals surface area contributed by atoms with Crippen LogP contribution >= 0.6 is 0 Å². The molecule has 1 atom stereocenters. The third-order valence-electron chi connectivity index (χ3n) is 5.97. The Morgan fingerprint density at radius 2 is 2.04 bits per heavy atom. The number of nitrogens with zero attached hydrogens (tertiary/aromatic N) is 5. The lowest BCUT2D eigenvalue weighted by Gasteiger charge is -2.30. The van der Waals surface area contributed by atoms with Crippen molar-refractivity contribution in [1.29, 1.82) is 0 Å². The topological polar surface area (TPSA) is 48.7 Å². The molecule has 0 bridgehead atoms. The molecule has 2 aliphatic rings. The van der Waals surface area contributed by atoms with Crippen molar-refractivity contribution in [2.75, 3.05) is 45.8 Å². The van der Waals surface area contributed by atoms with Gasteiger partial charge in [0.15, 0.2) is 5.96 Å². The van der Waals surface area contributed by atoms with Crippen LogP contribution < -0.4 is 5.32 Å². The van der Waals surface area contributed by atoms with E-state index in [1.165, 1.54) is 50.9 Å². The molecule has 6 nitrogen and oxygen atoms in total. The van der Waals surface area contributed by atoms with Gasteiger partial charge in [0, 0.05) is 45.3 Å². The van der Waals surface area contributed by atoms with Gasteiger partial charge in [-0.15, -0.1) is 0 Å². The van der Waals surface area contributed by atoms with Crippen molar-refractivity contribution in [3.05, 3.63) is 18.0 Å². The minimum Gasteiger partial charge on any atom is -0.357 e. The summed E-state index contributed by atoms with van der Waals surface area (Å²) >= 11 is 0. The van der Waals surface area contributed by atoms with Gasteiger partial charge < -0.3 is 15.1 Å². The SMILES string of the molecule is CCNC(=NCCC1CCN(CC)CC1)N1CCC(c2cnn(C)c2)C1. The summed E-state index contributed by atoms with van der Waals surface area (Å²) in [7, 11) is 1.99. The zero-order chi connectivity index (χ0) is 18.4. The lowest BCUT2D eigenvalue weighted by molar-refractivity contribution is 0.188.